The molecule has 2 nitrogen and oxygen atoms in total. The largest absolute Gasteiger partial charge is 0.398 e. The Hall–Kier alpha value is -1.49. The summed E-state index contributed by atoms with van der Waals surface area (Å²) >= 11 is 0. The van der Waals surface area contributed by atoms with Crippen LogP contribution >= 0.6 is 0 Å². The predicted molar refractivity (Wildman–Crippen MR) is 59.6 cm³/mol. The van der Waals surface area contributed by atoms with Crippen molar-refractivity contribution in [1.82, 2.24) is 0 Å². The van der Waals surface area contributed by atoms with Crippen molar-refractivity contribution in [2.75, 3.05) is 5.73 Å². The quantitative estimate of drug-likeness (QED) is 0.649. The molecule has 76 valence electrons. The average Bonchev–Trinajstić information content (AvgIpc) is 2.85. The van der Waals surface area contributed by atoms with Crippen molar-refractivity contribution in [1.29, 1.82) is 5.26 Å². The van der Waals surface area contributed by atoms with Gasteiger partial charge in [-0.2, -0.15) is 5.26 Å². The minimum atomic E-state index is 0.962. The van der Waals surface area contributed by atoms with Crippen LogP contribution in [0.25, 0.3) is 0 Å². The molecule has 0 bridgehead atoms. The van der Waals surface area contributed by atoms with Crippen LogP contribution in [0.15, 0.2) is 0 Å². The molecule has 0 unspecified atom stereocenters. The molecule has 0 aromatic heterocycles. The first-order valence-electron chi connectivity index (χ1n) is 5.68. The van der Waals surface area contributed by atoms with Crippen molar-refractivity contribution < 1.29 is 0 Å². The van der Waals surface area contributed by atoms with Gasteiger partial charge in [0.05, 0.1) is 11.6 Å². The third-order valence-corrected chi connectivity index (χ3v) is 3.80. The Morgan fingerprint density at radius 1 is 0.867 bits per heavy atom. The highest BCUT2D eigenvalue weighted by molar-refractivity contribution is 5.68. The zero-order chi connectivity index (χ0) is 10.4. The maximum atomic E-state index is 9.27. The molecule has 3 rings (SSSR count). The molecule has 15 heavy (non-hydrogen) atoms. The van der Waals surface area contributed by atoms with Gasteiger partial charge in [-0.05, 0) is 60.8 Å². The van der Waals surface area contributed by atoms with Crippen molar-refractivity contribution in [3.8, 4) is 6.07 Å². The molecule has 1 aromatic carbocycles. The summed E-state index contributed by atoms with van der Waals surface area (Å²) in [5.74, 6) is 0. The highest BCUT2D eigenvalue weighted by atomic mass is 14.6. The molecule has 0 aliphatic heterocycles. The molecular weight excluding hydrogens is 184 g/mol. The summed E-state index contributed by atoms with van der Waals surface area (Å²) in [5, 5.41) is 9.27. The van der Waals surface area contributed by atoms with Crippen LogP contribution in [0.1, 0.15) is 40.7 Å². The molecular formula is C13H14N2. The van der Waals surface area contributed by atoms with Crippen LogP contribution in [0.5, 0.6) is 0 Å². The molecule has 2 N–H and O–H groups in total. The maximum absolute atomic E-state index is 9.27. The van der Waals surface area contributed by atoms with Gasteiger partial charge in [0.2, 0.25) is 0 Å². The molecule has 2 aliphatic carbocycles. The van der Waals surface area contributed by atoms with Crippen LogP contribution in [-0.2, 0) is 25.7 Å². The third kappa shape index (κ3) is 1.04. The Balaban J connectivity index is 2.37. The number of nitrogens with two attached hydrogens (primary N) is 1. The summed E-state index contributed by atoms with van der Waals surface area (Å²) in [6, 6.07) is 2.40. The lowest BCUT2D eigenvalue weighted by molar-refractivity contribution is 0.897. The van der Waals surface area contributed by atoms with Crippen molar-refractivity contribution in [3.63, 3.8) is 0 Å². The van der Waals surface area contributed by atoms with E-state index in [1.807, 2.05) is 0 Å². The van der Waals surface area contributed by atoms with Gasteiger partial charge in [-0.25, -0.2) is 0 Å². The first-order chi connectivity index (χ1) is 7.33. The second-order valence-electron chi connectivity index (χ2n) is 4.52. The minimum absolute atomic E-state index is 0.962. The summed E-state index contributed by atoms with van der Waals surface area (Å²) in [6.45, 7) is 0. The van der Waals surface area contributed by atoms with Gasteiger partial charge in [-0.15, -0.1) is 0 Å². The number of hydrogen-bond donors (Lipinski definition) is 1. The normalized spacial score (nSPS) is 17.3. The van der Waals surface area contributed by atoms with Gasteiger partial charge < -0.3 is 5.73 Å². The molecule has 0 radical (unpaired) electrons. The standard InChI is InChI=1S/C13H14N2/c14-7-12-8-3-1-5-10(8)13(15)11-6-2-4-9(11)12/h1-6,15H2. The minimum Gasteiger partial charge on any atom is -0.398 e. The van der Waals surface area contributed by atoms with E-state index in [-0.39, 0.29) is 0 Å². The molecule has 0 atom stereocenters. The van der Waals surface area contributed by atoms with Gasteiger partial charge in [0.25, 0.3) is 0 Å². The van der Waals surface area contributed by atoms with Crippen LogP contribution in [0.2, 0.25) is 0 Å². The fraction of sp³-hybridized carbons (Fsp3) is 0.462. The molecule has 0 fully saturated rings. The summed E-state index contributed by atoms with van der Waals surface area (Å²) in [4.78, 5) is 0. The number of rotatable bonds is 0. The van der Waals surface area contributed by atoms with Gasteiger partial charge in [0.1, 0.15) is 0 Å². The van der Waals surface area contributed by atoms with Gasteiger partial charge >= 0.3 is 0 Å². The van der Waals surface area contributed by atoms with E-state index >= 15 is 0 Å². The molecule has 0 heterocycles. The van der Waals surface area contributed by atoms with Crippen molar-refractivity contribution in [2.24, 2.45) is 0 Å². The SMILES string of the molecule is N#Cc1c2c(c(N)c3c1CCC3)CCC2. The Labute approximate surface area is 89.7 Å². The van der Waals surface area contributed by atoms with Gasteiger partial charge in [0.15, 0.2) is 0 Å². The van der Waals surface area contributed by atoms with Gasteiger partial charge in [-0.1, -0.05) is 0 Å². The Morgan fingerprint density at radius 3 is 1.80 bits per heavy atom. The molecule has 0 spiro atoms. The number of fused-ring (bicyclic) bond motifs is 2. The first-order valence-corrected chi connectivity index (χ1v) is 5.68. The maximum Gasteiger partial charge on any atom is 0.0997 e. The first kappa shape index (κ1) is 8.79. The molecule has 0 amide bonds. The summed E-state index contributed by atoms with van der Waals surface area (Å²) < 4.78 is 0. The lowest BCUT2D eigenvalue weighted by atomic mass is 9.93. The molecule has 0 saturated carbocycles. The van der Waals surface area contributed by atoms with Gasteiger partial charge in [0, 0.05) is 5.69 Å². The van der Waals surface area contributed by atoms with E-state index in [0.717, 1.165) is 49.8 Å². The smallest absolute Gasteiger partial charge is 0.0997 e. The number of hydrogen-bond acceptors (Lipinski definition) is 2. The predicted octanol–water partition coefficient (Wildman–Crippen LogP) is 2.12. The van der Waals surface area contributed by atoms with Crippen LogP contribution in [-0.4, -0.2) is 0 Å². The highest BCUT2D eigenvalue weighted by Gasteiger charge is 2.27. The topological polar surface area (TPSA) is 49.8 Å². The molecule has 0 saturated heterocycles. The second-order valence-corrected chi connectivity index (χ2v) is 4.52. The summed E-state index contributed by atoms with van der Waals surface area (Å²) in [6.07, 6.45) is 6.58. The number of nitriles is 1. The number of nitrogens with zero attached hydrogens (tertiary/aromatic N) is 1. The third-order valence-electron chi connectivity index (χ3n) is 3.80. The van der Waals surface area contributed by atoms with E-state index in [9.17, 15) is 5.26 Å². The van der Waals surface area contributed by atoms with Crippen LogP contribution in [0.3, 0.4) is 0 Å². The fourth-order valence-corrected chi connectivity index (χ4v) is 3.13. The van der Waals surface area contributed by atoms with Crippen LogP contribution in [0, 0.1) is 11.3 Å². The van der Waals surface area contributed by atoms with Gasteiger partial charge in [-0.3, -0.25) is 0 Å². The van der Waals surface area contributed by atoms with Crippen molar-refractivity contribution in [2.45, 2.75) is 38.5 Å². The Bertz CT molecular complexity index is 445. The zero-order valence-electron chi connectivity index (χ0n) is 8.77. The second kappa shape index (κ2) is 3.00. The van der Waals surface area contributed by atoms with Crippen molar-refractivity contribution >= 4 is 5.69 Å². The number of nitrogen functional groups attached to an aromatic ring is 1. The van der Waals surface area contributed by atoms with Crippen molar-refractivity contribution in [3.05, 3.63) is 27.8 Å². The highest BCUT2D eigenvalue weighted by Crippen LogP contribution is 2.39. The summed E-state index contributed by atoms with van der Waals surface area (Å²) in [5.41, 5.74) is 13.3. The lowest BCUT2D eigenvalue weighted by Crippen LogP contribution is -2.03. The number of anilines is 1. The monoisotopic (exact) mass is 198 g/mol. The average molecular weight is 198 g/mol. The lowest BCUT2D eigenvalue weighted by Gasteiger charge is -2.13. The fourth-order valence-electron chi connectivity index (χ4n) is 3.13. The zero-order valence-corrected chi connectivity index (χ0v) is 8.77. The Kier molecular flexibility index (Phi) is 1.76. The number of benzene rings is 1. The van der Waals surface area contributed by atoms with E-state index in [0.29, 0.717) is 0 Å². The van der Waals surface area contributed by atoms with E-state index in [1.54, 1.807) is 0 Å². The van der Waals surface area contributed by atoms with Crippen LogP contribution in [0.4, 0.5) is 5.69 Å². The Morgan fingerprint density at radius 2 is 1.33 bits per heavy atom. The van der Waals surface area contributed by atoms with E-state index in [4.69, 9.17) is 5.73 Å². The molecule has 2 aliphatic rings. The summed E-state index contributed by atoms with van der Waals surface area (Å²) in [7, 11) is 0. The van der Waals surface area contributed by atoms with Crippen LogP contribution < -0.4 is 5.73 Å². The molecule has 1 aromatic rings. The van der Waals surface area contributed by atoms with E-state index in [1.165, 1.54) is 22.3 Å². The molecule has 2 heteroatoms. The van der Waals surface area contributed by atoms with E-state index in [2.05, 4.69) is 6.07 Å². The van der Waals surface area contributed by atoms with E-state index < -0.39 is 0 Å².